The summed E-state index contributed by atoms with van der Waals surface area (Å²) in [6.07, 6.45) is 4.29. The smallest absolute Gasteiger partial charge is 0.248 e. The monoisotopic (exact) mass is 309 g/mol. The van der Waals surface area contributed by atoms with Crippen molar-refractivity contribution < 1.29 is 13.6 Å². The number of hydrogen-bond acceptors (Lipinski definition) is 2. The molecule has 18 heavy (non-hydrogen) atoms. The summed E-state index contributed by atoms with van der Waals surface area (Å²) in [6, 6.07) is 7.84. The molecule has 1 heterocycles. The van der Waals surface area contributed by atoms with Crippen molar-refractivity contribution in [3.05, 3.63) is 58.7 Å². The minimum Gasteiger partial charge on any atom is -0.465 e. The molecule has 0 fully saturated rings. The molecule has 5 heteroatoms. The lowest BCUT2D eigenvalue weighted by Crippen LogP contribution is -2.09. The Hall–Kier alpha value is -1.88. The minimum absolute atomic E-state index is 0.132. The fourth-order valence-corrected chi connectivity index (χ4v) is 1.64. The standard InChI is InChI=1S/C13H9BrFNO2/c14-9-3-5-12(11(15)8-9)16-13(17)6-4-10-2-1-7-18-10/h1-8H,(H,16,17). The van der Waals surface area contributed by atoms with Gasteiger partial charge in [0, 0.05) is 10.5 Å². The van der Waals surface area contributed by atoms with Crippen LogP contribution in [0.4, 0.5) is 10.1 Å². The Morgan fingerprint density at radius 2 is 2.22 bits per heavy atom. The molecule has 0 aliphatic rings. The highest BCUT2D eigenvalue weighted by atomic mass is 79.9. The molecule has 2 rings (SSSR count). The van der Waals surface area contributed by atoms with Crippen molar-refractivity contribution in [1.82, 2.24) is 0 Å². The first-order chi connectivity index (χ1) is 8.65. The maximum atomic E-state index is 13.4. The lowest BCUT2D eigenvalue weighted by molar-refractivity contribution is -0.111. The molecule has 92 valence electrons. The predicted octanol–water partition coefficient (Wildman–Crippen LogP) is 3.83. The molecule has 0 saturated carbocycles. The van der Waals surface area contributed by atoms with E-state index < -0.39 is 11.7 Å². The van der Waals surface area contributed by atoms with Gasteiger partial charge in [0.2, 0.25) is 5.91 Å². The molecule has 1 N–H and O–H groups in total. The average Bonchev–Trinajstić information content (AvgIpc) is 2.83. The number of nitrogens with one attached hydrogen (secondary N) is 1. The van der Waals surface area contributed by atoms with Gasteiger partial charge in [-0.05, 0) is 36.4 Å². The Morgan fingerprint density at radius 3 is 2.89 bits per heavy atom. The van der Waals surface area contributed by atoms with Crippen LogP contribution in [-0.2, 0) is 4.79 Å². The van der Waals surface area contributed by atoms with Gasteiger partial charge in [-0.2, -0.15) is 0 Å². The van der Waals surface area contributed by atoms with Gasteiger partial charge < -0.3 is 9.73 Å². The third-order valence-electron chi connectivity index (χ3n) is 2.13. The van der Waals surface area contributed by atoms with Crippen LogP contribution in [0.5, 0.6) is 0 Å². The normalized spacial score (nSPS) is 10.8. The highest BCUT2D eigenvalue weighted by molar-refractivity contribution is 9.10. The van der Waals surface area contributed by atoms with E-state index in [1.165, 1.54) is 30.5 Å². The van der Waals surface area contributed by atoms with Crippen LogP contribution >= 0.6 is 15.9 Å². The zero-order valence-electron chi connectivity index (χ0n) is 9.19. The van der Waals surface area contributed by atoms with Crippen molar-refractivity contribution >= 4 is 33.6 Å². The molecule has 0 spiro atoms. The summed E-state index contributed by atoms with van der Waals surface area (Å²) in [4.78, 5) is 11.5. The lowest BCUT2D eigenvalue weighted by atomic mass is 10.3. The Balaban J connectivity index is 2.03. The number of benzene rings is 1. The molecule has 3 nitrogen and oxygen atoms in total. The van der Waals surface area contributed by atoms with E-state index in [1.807, 2.05) is 0 Å². The van der Waals surface area contributed by atoms with Crippen LogP contribution in [0, 0.1) is 5.82 Å². The Morgan fingerprint density at radius 1 is 1.39 bits per heavy atom. The molecule has 1 aromatic heterocycles. The van der Waals surface area contributed by atoms with Gasteiger partial charge in [-0.1, -0.05) is 15.9 Å². The molecular formula is C13H9BrFNO2. The quantitative estimate of drug-likeness (QED) is 0.875. The van der Waals surface area contributed by atoms with Crippen LogP contribution < -0.4 is 5.32 Å². The van der Waals surface area contributed by atoms with Crippen molar-refractivity contribution in [2.75, 3.05) is 5.32 Å². The Bertz CT molecular complexity index is 579. The van der Waals surface area contributed by atoms with Crippen molar-refractivity contribution in [1.29, 1.82) is 0 Å². The number of furan rings is 1. The second-order valence-corrected chi connectivity index (χ2v) is 4.38. The van der Waals surface area contributed by atoms with Gasteiger partial charge in [0.1, 0.15) is 11.6 Å². The number of carbonyl (C=O) groups is 1. The van der Waals surface area contributed by atoms with Gasteiger partial charge in [0.25, 0.3) is 0 Å². The zero-order valence-corrected chi connectivity index (χ0v) is 10.8. The van der Waals surface area contributed by atoms with E-state index >= 15 is 0 Å². The van der Waals surface area contributed by atoms with E-state index in [0.29, 0.717) is 10.2 Å². The lowest BCUT2D eigenvalue weighted by Gasteiger charge is -2.03. The molecule has 2 aromatic rings. The molecule has 1 amide bonds. The van der Waals surface area contributed by atoms with Crippen LogP contribution in [-0.4, -0.2) is 5.91 Å². The number of halogens is 2. The summed E-state index contributed by atoms with van der Waals surface area (Å²) in [5.74, 6) is -0.363. The maximum absolute atomic E-state index is 13.4. The zero-order chi connectivity index (χ0) is 13.0. The molecule has 1 aromatic carbocycles. The Kier molecular flexibility index (Phi) is 3.94. The number of amides is 1. The van der Waals surface area contributed by atoms with Gasteiger partial charge >= 0.3 is 0 Å². The Labute approximate surface area is 111 Å². The first kappa shape index (κ1) is 12.6. The van der Waals surface area contributed by atoms with E-state index in [1.54, 1.807) is 18.2 Å². The predicted molar refractivity (Wildman–Crippen MR) is 70.5 cm³/mol. The second-order valence-electron chi connectivity index (χ2n) is 3.46. The summed E-state index contributed by atoms with van der Waals surface area (Å²) < 4.78 is 19.1. The fraction of sp³-hybridized carbons (Fsp3) is 0. The van der Waals surface area contributed by atoms with Crippen molar-refractivity contribution in [2.45, 2.75) is 0 Å². The second kappa shape index (κ2) is 5.64. The van der Waals surface area contributed by atoms with Gasteiger partial charge in [-0.25, -0.2) is 4.39 Å². The first-order valence-corrected chi connectivity index (χ1v) is 5.92. The number of carbonyl (C=O) groups excluding carboxylic acids is 1. The van der Waals surface area contributed by atoms with E-state index in [0.717, 1.165) is 0 Å². The van der Waals surface area contributed by atoms with Gasteiger partial charge in [-0.3, -0.25) is 4.79 Å². The van der Waals surface area contributed by atoms with E-state index in [2.05, 4.69) is 21.2 Å². The van der Waals surface area contributed by atoms with Crippen LogP contribution in [0.2, 0.25) is 0 Å². The van der Waals surface area contributed by atoms with Crippen molar-refractivity contribution in [2.24, 2.45) is 0 Å². The third kappa shape index (κ3) is 3.30. The SMILES string of the molecule is O=C(C=Cc1ccco1)Nc1ccc(Br)cc1F. The summed E-state index contributed by atoms with van der Waals surface area (Å²) in [5, 5.41) is 2.44. The van der Waals surface area contributed by atoms with Gasteiger partial charge in [0.05, 0.1) is 12.0 Å². The number of rotatable bonds is 3. The van der Waals surface area contributed by atoms with E-state index in [4.69, 9.17) is 4.42 Å². The van der Waals surface area contributed by atoms with E-state index in [9.17, 15) is 9.18 Å². The van der Waals surface area contributed by atoms with Crippen LogP contribution in [0.25, 0.3) is 6.08 Å². The van der Waals surface area contributed by atoms with Crippen molar-refractivity contribution in [3.8, 4) is 0 Å². The highest BCUT2D eigenvalue weighted by Gasteiger charge is 2.04. The van der Waals surface area contributed by atoms with Gasteiger partial charge in [0.15, 0.2) is 0 Å². The van der Waals surface area contributed by atoms with Crippen molar-refractivity contribution in [3.63, 3.8) is 0 Å². The third-order valence-corrected chi connectivity index (χ3v) is 2.62. The van der Waals surface area contributed by atoms with Gasteiger partial charge in [-0.15, -0.1) is 0 Å². The molecule has 0 aliphatic carbocycles. The number of hydrogen-bond donors (Lipinski definition) is 1. The topological polar surface area (TPSA) is 42.2 Å². The summed E-state index contributed by atoms with van der Waals surface area (Å²) in [5.41, 5.74) is 0.132. The first-order valence-electron chi connectivity index (χ1n) is 5.13. The highest BCUT2D eigenvalue weighted by Crippen LogP contribution is 2.19. The van der Waals surface area contributed by atoms with Crippen LogP contribution in [0.15, 0.2) is 51.6 Å². The molecule has 0 radical (unpaired) electrons. The molecule has 0 aliphatic heterocycles. The molecular weight excluding hydrogens is 301 g/mol. The molecule has 0 saturated heterocycles. The minimum atomic E-state index is -0.496. The summed E-state index contributed by atoms with van der Waals surface area (Å²) in [7, 11) is 0. The molecule has 0 unspecified atom stereocenters. The van der Waals surface area contributed by atoms with Crippen LogP contribution in [0.1, 0.15) is 5.76 Å². The maximum Gasteiger partial charge on any atom is 0.248 e. The van der Waals surface area contributed by atoms with E-state index in [-0.39, 0.29) is 5.69 Å². The average molecular weight is 310 g/mol. The molecule has 0 bridgehead atoms. The molecule has 0 atom stereocenters. The summed E-state index contributed by atoms with van der Waals surface area (Å²) >= 11 is 3.14. The summed E-state index contributed by atoms with van der Waals surface area (Å²) in [6.45, 7) is 0. The fourth-order valence-electron chi connectivity index (χ4n) is 1.31. The largest absolute Gasteiger partial charge is 0.465 e. The van der Waals surface area contributed by atoms with Crippen LogP contribution in [0.3, 0.4) is 0 Å². The number of anilines is 1.